The highest BCUT2D eigenvalue weighted by molar-refractivity contribution is 5.33. The molecule has 1 aliphatic rings. The average molecular weight is 197 g/mol. The zero-order valence-corrected chi connectivity index (χ0v) is 8.45. The van der Waals surface area contributed by atoms with Crippen LogP contribution in [0.5, 0.6) is 5.75 Å². The second-order valence-electron chi connectivity index (χ2n) is 3.51. The van der Waals surface area contributed by atoms with Crippen molar-refractivity contribution in [3.63, 3.8) is 0 Å². The van der Waals surface area contributed by atoms with E-state index in [2.05, 4.69) is 10.4 Å². The molecule has 0 saturated carbocycles. The van der Waals surface area contributed by atoms with Crippen molar-refractivity contribution < 1.29 is 9.84 Å². The number of ether oxygens (including phenoxy) is 1. The summed E-state index contributed by atoms with van der Waals surface area (Å²) in [7, 11) is 1.59. The lowest BCUT2D eigenvalue weighted by Crippen LogP contribution is -2.57. The van der Waals surface area contributed by atoms with Crippen LogP contribution in [0, 0.1) is 0 Å². The van der Waals surface area contributed by atoms with Crippen molar-refractivity contribution >= 4 is 0 Å². The molecule has 1 fully saturated rings. The van der Waals surface area contributed by atoms with E-state index >= 15 is 0 Å². The van der Waals surface area contributed by atoms with E-state index in [0.29, 0.717) is 18.8 Å². The molecule has 2 heterocycles. The Morgan fingerprint density at radius 3 is 2.86 bits per heavy atom. The topological polar surface area (TPSA) is 59.3 Å². The molecular weight excluding hydrogens is 182 g/mol. The number of hydrogen-bond acceptors (Lipinski definition) is 4. The second-order valence-corrected chi connectivity index (χ2v) is 3.51. The minimum atomic E-state index is -0.808. The Morgan fingerprint density at radius 1 is 1.71 bits per heavy atom. The van der Waals surface area contributed by atoms with Crippen molar-refractivity contribution in [2.24, 2.45) is 0 Å². The predicted molar refractivity (Wildman–Crippen MR) is 51.2 cm³/mol. The Kier molecular flexibility index (Phi) is 2.20. The average Bonchev–Trinajstić information content (AvgIpc) is 2.57. The van der Waals surface area contributed by atoms with Crippen LogP contribution in [-0.2, 0) is 12.1 Å². The van der Waals surface area contributed by atoms with Crippen LogP contribution >= 0.6 is 0 Å². The molecule has 1 saturated heterocycles. The first kappa shape index (κ1) is 9.48. The second kappa shape index (κ2) is 3.25. The summed E-state index contributed by atoms with van der Waals surface area (Å²) in [5.74, 6) is 0.663. The third-order valence-corrected chi connectivity index (χ3v) is 2.60. The number of hydrogen-bond donors (Lipinski definition) is 2. The molecule has 78 valence electrons. The van der Waals surface area contributed by atoms with Gasteiger partial charge in [0.1, 0.15) is 11.3 Å². The minimum absolute atomic E-state index is 0.565. The van der Waals surface area contributed by atoms with Crippen LogP contribution in [0.1, 0.15) is 12.6 Å². The highest BCUT2D eigenvalue weighted by Gasteiger charge is 2.41. The van der Waals surface area contributed by atoms with E-state index in [1.54, 1.807) is 18.0 Å². The van der Waals surface area contributed by atoms with E-state index in [-0.39, 0.29) is 0 Å². The SMILES string of the molecule is CCn1ncc(OC)c1C1(O)CNC1. The summed E-state index contributed by atoms with van der Waals surface area (Å²) in [6.45, 7) is 3.86. The fraction of sp³-hybridized carbons (Fsp3) is 0.667. The largest absolute Gasteiger partial charge is 0.493 e. The first-order valence-corrected chi connectivity index (χ1v) is 4.74. The molecule has 0 aliphatic carbocycles. The lowest BCUT2D eigenvalue weighted by Gasteiger charge is -2.38. The molecule has 5 nitrogen and oxygen atoms in total. The van der Waals surface area contributed by atoms with Crippen LogP contribution in [0.25, 0.3) is 0 Å². The van der Waals surface area contributed by atoms with Crippen molar-refractivity contribution in [3.05, 3.63) is 11.9 Å². The van der Waals surface area contributed by atoms with Gasteiger partial charge >= 0.3 is 0 Å². The zero-order valence-electron chi connectivity index (χ0n) is 8.45. The van der Waals surface area contributed by atoms with Crippen LogP contribution in [0.2, 0.25) is 0 Å². The maximum atomic E-state index is 10.2. The molecule has 1 aliphatic heterocycles. The van der Waals surface area contributed by atoms with Gasteiger partial charge in [0, 0.05) is 19.6 Å². The molecule has 0 unspecified atom stereocenters. The smallest absolute Gasteiger partial charge is 0.163 e. The highest BCUT2D eigenvalue weighted by Crippen LogP contribution is 2.32. The fourth-order valence-corrected chi connectivity index (χ4v) is 1.76. The van der Waals surface area contributed by atoms with Gasteiger partial charge in [0.15, 0.2) is 5.75 Å². The molecule has 14 heavy (non-hydrogen) atoms. The maximum absolute atomic E-state index is 10.2. The monoisotopic (exact) mass is 197 g/mol. The summed E-state index contributed by atoms with van der Waals surface area (Å²) in [5, 5.41) is 17.4. The number of nitrogens with one attached hydrogen (secondary N) is 1. The summed E-state index contributed by atoms with van der Waals surface area (Å²) in [6, 6.07) is 0. The number of nitrogens with zero attached hydrogens (tertiary/aromatic N) is 2. The highest BCUT2D eigenvalue weighted by atomic mass is 16.5. The Bertz CT molecular complexity index is 309. The molecule has 5 heteroatoms. The number of aryl methyl sites for hydroxylation is 1. The van der Waals surface area contributed by atoms with E-state index < -0.39 is 5.60 Å². The Balaban J connectivity index is 2.42. The number of rotatable bonds is 3. The summed E-state index contributed by atoms with van der Waals surface area (Å²) in [4.78, 5) is 0. The molecule has 0 atom stereocenters. The zero-order chi connectivity index (χ0) is 10.2. The molecule has 2 rings (SSSR count). The molecule has 2 N–H and O–H groups in total. The molecule has 0 aromatic carbocycles. The van der Waals surface area contributed by atoms with Gasteiger partial charge in [-0.3, -0.25) is 4.68 Å². The molecule has 0 amide bonds. The third kappa shape index (κ3) is 1.20. The van der Waals surface area contributed by atoms with Crippen molar-refractivity contribution in [1.82, 2.24) is 15.1 Å². The normalized spacial score (nSPS) is 19.1. The van der Waals surface area contributed by atoms with Crippen molar-refractivity contribution in [3.8, 4) is 5.75 Å². The van der Waals surface area contributed by atoms with Gasteiger partial charge in [-0.05, 0) is 6.92 Å². The van der Waals surface area contributed by atoms with Crippen LogP contribution in [0.3, 0.4) is 0 Å². The van der Waals surface area contributed by atoms with E-state index in [1.807, 2.05) is 6.92 Å². The van der Waals surface area contributed by atoms with Crippen LogP contribution in [0.15, 0.2) is 6.20 Å². The van der Waals surface area contributed by atoms with Gasteiger partial charge in [0.05, 0.1) is 13.3 Å². The van der Waals surface area contributed by atoms with Gasteiger partial charge in [0.25, 0.3) is 0 Å². The Hall–Kier alpha value is -1.07. The van der Waals surface area contributed by atoms with Crippen LogP contribution in [-0.4, -0.2) is 35.1 Å². The van der Waals surface area contributed by atoms with Crippen molar-refractivity contribution in [2.75, 3.05) is 20.2 Å². The fourth-order valence-electron chi connectivity index (χ4n) is 1.76. The molecular formula is C9H15N3O2. The quantitative estimate of drug-likeness (QED) is 0.698. The van der Waals surface area contributed by atoms with E-state index in [9.17, 15) is 5.11 Å². The maximum Gasteiger partial charge on any atom is 0.163 e. The van der Waals surface area contributed by atoms with Gasteiger partial charge < -0.3 is 15.2 Å². The van der Waals surface area contributed by atoms with Crippen LogP contribution in [0.4, 0.5) is 0 Å². The first-order chi connectivity index (χ1) is 6.71. The molecule has 0 bridgehead atoms. The lowest BCUT2D eigenvalue weighted by atomic mass is 9.92. The third-order valence-electron chi connectivity index (χ3n) is 2.60. The minimum Gasteiger partial charge on any atom is -0.493 e. The van der Waals surface area contributed by atoms with Crippen molar-refractivity contribution in [2.45, 2.75) is 19.1 Å². The predicted octanol–water partition coefficient (Wildman–Crippen LogP) is -0.298. The summed E-state index contributed by atoms with van der Waals surface area (Å²) >= 11 is 0. The van der Waals surface area contributed by atoms with Crippen molar-refractivity contribution in [1.29, 1.82) is 0 Å². The molecule has 0 radical (unpaired) electrons. The molecule has 1 aromatic rings. The van der Waals surface area contributed by atoms with Gasteiger partial charge in [-0.2, -0.15) is 5.10 Å². The van der Waals surface area contributed by atoms with Gasteiger partial charge in [0.2, 0.25) is 0 Å². The lowest BCUT2D eigenvalue weighted by molar-refractivity contribution is -0.0242. The standard InChI is InChI=1S/C9H15N3O2/c1-3-12-8(7(14-2)4-11-12)9(13)5-10-6-9/h4,10,13H,3,5-6H2,1-2H3. The van der Waals surface area contributed by atoms with Gasteiger partial charge in [-0.1, -0.05) is 0 Å². The number of aromatic nitrogens is 2. The van der Waals surface area contributed by atoms with E-state index in [4.69, 9.17) is 4.74 Å². The number of aliphatic hydroxyl groups is 1. The number of β-amino-alcohol motifs (C(OH)–C–C–N with tert-alkyl or cyclic N) is 1. The Morgan fingerprint density at radius 2 is 2.43 bits per heavy atom. The van der Waals surface area contributed by atoms with E-state index in [0.717, 1.165) is 12.2 Å². The molecule has 0 spiro atoms. The van der Waals surface area contributed by atoms with Crippen LogP contribution < -0.4 is 10.1 Å². The Labute approximate surface area is 82.7 Å². The molecule has 1 aromatic heterocycles. The van der Waals surface area contributed by atoms with Gasteiger partial charge in [-0.15, -0.1) is 0 Å². The van der Waals surface area contributed by atoms with Gasteiger partial charge in [-0.25, -0.2) is 0 Å². The number of methoxy groups -OCH3 is 1. The first-order valence-electron chi connectivity index (χ1n) is 4.74. The summed E-state index contributed by atoms with van der Waals surface area (Å²) in [6.07, 6.45) is 1.65. The van der Waals surface area contributed by atoms with E-state index in [1.165, 1.54) is 0 Å². The summed E-state index contributed by atoms with van der Waals surface area (Å²) < 4.78 is 6.96. The summed E-state index contributed by atoms with van der Waals surface area (Å²) in [5.41, 5.74) is -0.0287.